The Kier molecular flexibility index (Phi) is 3.57. The van der Waals surface area contributed by atoms with E-state index in [1.807, 2.05) is 0 Å². The lowest BCUT2D eigenvalue weighted by atomic mass is 10.0. The molecule has 0 heterocycles. The van der Waals surface area contributed by atoms with Crippen LogP contribution in [0.4, 0.5) is 17.6 Å². The molecule has 0 nitrogen and oxygen atoms in total. The van der Waals surface area contributed by atoms with Crippen molar-refractivity contribution in [2.24, 2.45) is 0 Å². The van der Waals surface area contributed by atoms with E-state index in [0.717, 1.165) is 12.1 Å². The lowest BCUT2D eigenvalue weighted by molar-refractivity contribution is 0.490. The van der Waals surface area contributed by atoms with Crippen LogP contribution in [-0.4, -0.2) is 0 Å². The summed E-state index contributed by atoms with van der Waals surface area (Å²) in [6.07, 6.45) is 0. The van der Waals surface area contributed by atoms with Gasteiger partial charge in [-0.25, -0.2) is 17.6 Å². The van der Waals surface area contributed by atoms with Crippen molar-refractivity contribution >= 4 is 11.6 Å². The maximum absolute atomic E-state index is 13.5. The van der Waals surface area contributed by atoms with Gasteiger partial charge in [-0.05, 0) is 23.8 Å². The van der Waals surface area contributed by atoms with Crippen molar-refractivity contribution in [2.75, 3.05) is 0 Å². The van der Waals surface area contributed by atoms with Gasteiger partial charge in [-0.3, -0.25) is 0 Å². The number of halogens is 5. The van der Waals surface area contributed by atoms with Crippen molar-refractivity contribution in [3.8, 4) is 0 Å². The van der Waals surface area contributed by atoms with E-state index in [9.17, 15) is 17.6 Å². The lowest BCUT2D eigenvalue weighted by Crippen LogP contribution is -2.00. The van der Waals surface area contributed by atoms with Gasteiger partial charge in [0.1, 0.15) is 11.6 Å². The average molecular weight is 275 g/mol. The smallest absolute Gasteiger partial charge is 0.161 e. The molecule has 0 saturated heterocycles. The zero-order valence-corrected chi connectivity index (χ0v) is 9.69. The summed E-state index contributed by atoms with van der Waals surface area (Å²) in [5.74, 6) is -3.87. The highest BCUT2D eigenvalue weighted by Gasteiger charge is 2.18. The van der Waals surface area contributed by atoms with Crippen LogP contribution in [0.2, 0.25) is 0 Å². The molecular formula is C13H7ClF4. The van der Waals surface area contributed by atoms with E-state index < -0.39 is 28.6 Å². The topological polar surface area (TPSA) is 0 Å². The maximum Gasteiger partial charge on any atom is 0.161 e. The SMILES string of the molecule is Fc1ccc(C(Cl)c2cc(F)c(F)cc2F)cc1. The van der Waals surface area contributed by atoms with Crippen LogP contribution < -0.4 is 0 Å². The Balaban J connectivity index is 2.42. The van der Waals surface area contributed by atoms with E-state index in [0.29, 0.717) is 17.7 Å². The zero-order valence-electron chi connectivity index (χ0n) is 8.93. The van der Waals surface area contributed by atoms with Gasteiger partial charge in [-0.15, -0.1) is 11.6 Å². The van der Waals surface area contributed by atoms with E-state index in [2.05, 4.69) is 0 Å². The van der Waals surface area contributed by atoms with Crippen molar-refractivity contribution in [1.29, 1.82) is 0 Å². The predicted octanol–water partition coefficient (Wildman–Crippen LogP) is 4.57. The number of alkyl halides is 1. The van der Waals surface area contributed by atoms with E-state index in [1.165, 1.54) is 12.1 Å². The highest BCUT2D eigenvalue weighted by Crippen LogP contribution is 2.31. The predicted molar refractivity (Wildman–Crippen MR) is 60.4 cm³/mol. The Morgan fingerprint density at radius 2 is 1.33 bits per heavy atom. The van der Waals surface area contributed by atoms with Crippen LogP contribution >= 0.6 is 11.6 Å². The maximum atomic E-state index is 13.5. The number of hydrogen-bond acceptors (Lipinski definition) is 0. The van der Waals surface area contributed by atoms with Gasteiger partial charge < -0.3 is 0 Å². The molecule has 0 fully saturated rings. The molecule has 0 amide bonds. The molecule has 2 aromatic carbocycles. The Bertz CT molecular complexity index is 566. The van der Waals surface area contributed by atoms with Crippen LogP contribution in [0.3, 0.4) is 0 Å². The standard InChI is InChI=1S/C13H7ClF4/c14-13(7-1-3-8(15)4-2-7)9-5-11(17)12(18)6-10(9)16/h1-6,13H. The van der Waals surface area contributed by atoms with E-state index >= 15 is 0 Å². The molecule has 2 aromatic rings. The van der Waals surface area contributed by atoms with Crippen molar-refractivity contribution in [3.63, 3.8) is 0 Å². The summed E-state index contributed by atoms with van der Waals surface area (Å²) >= 11 is 5.96. The Hall–Kier alpha value is -1.55. The van der Waals surface area contributed by atoms with Gasteiger partial charge in [0.05, 0.1) is 5.38 Å². The highest BCUT2D eigenvalue weighted by molar-refractivity contribution is 6.22. The fourth-order valence-electron chi connectivity index (χ4n) is 1.54. The first-order chi connectivity index (χ1) is 8.49. The van der Waals surface area contributed by atoms with E-state index in [4.69, 9.17) is 11.6 Å². The Labute approximate surface area is 106 Å². The van der Waals surface area contributed by atoms with Crippen molar-refractivity contribution < 1.29 is 17.6 Å². The molecule has 5 heteroatoms. The third-order valence-electron chi connectivity index (χ3n) is 2.48. The molecule has 0 saturated carbocycles. The van der Waals surface area contributed by atoms with Crippen LogP contribution in [-0.2, 0) is 0 Å². The van der Waals surface area contributed by atoms with Crippen molar-refractivity contribution in [2.45, 2.75) is 5.38 Å². The van der Waals surface area contributed by atoms with Gasteiger partial charge in [-0.2, -0.15) is 0 Å². The summed E-state index contributed by atoms with van der Waals surface area (Å²) in [6.45, 7) is 0. The first-order valence-electron chi connectivity index (χ1n) is 5.03. The zero-order chi connectivity index (χ0) is 13.3. The summed E-state index contributed by atoms with van der Waals surface area (Å²) in [5.41, 5.74) is 0.199. The minimum absolute atomic E-state index is 0.192. The molecule has 0 aromatic heterocycles. The third kappa shape index (κ3) is 2.48. The first kappa shape index (κ1) is 12.9. The number of benzene rings is 2. The van der Waals surface area contributed by atoms with Crippen LogP contribution in [0.5, 0.6) is 0 Å². The van der Waals surface area contributed by atoms with E-state index in [1.54, 1.807) is 0 Å². The quantitative estimate of drug-likeness (QED) is 0.427. The number of hydrogen-bond donors (Lipinski definition) is 0. The van der Waals surface area contributed by atoms with Crippen LogP contribution in [0.15, 0.2) is 36.4 Å². The van der Waals surface area contributed by atoms with Crippen molar-refractivity contribution in [3.05, 3.63) is 70.8 Å². The molecule has 0 bridgehead atoms. The van der Waals surface area contributed by atoms with Crippen molar-refractivity contribution in [1.82, 2.24) is 0 Å². The van der Waals surface area contributed by atoms with Gasteiger partial charge in [-0.1, -0.05) is 12.1 Å². The second-order valence-electron chi connectivity index (χ2n) is 3.70. The molecule has 0 aliphatic carbocycles. The summed E-state index contributed by atoms with van der Waals surface area (Å²) in [5, 5.41) is -1.01. The number of rotatable bonds is 2. The second kappa shape index (κ2) is 4.98. The van der Waals surface area contributed by atoms with Gasteiger partial charge >= 0.3 is 0 Å². The molecule has 0 N–H and O–H groups in total. The Morgan fingerprint density at radius 1 is 0.778 bits per heavy atom. The second-order valence-corrected chi connectivity index (χ2v) is 4.14. The molecule has 1 unspecified atom stereocenters. The normalized spacial score (nSPS) is 12.5. The summed E-state index contributed by atoms with van der Waals surface area (Å²) in [7, 11) is 0. The molecular weight excluding hydrogens is 268 g/mol. The Morgan fingerprint density at radius 3 is 1.94 bits per heavy atom. The fourth-order valence-corrected chi connectivity index (χ4v) is 1.86. The van der Waals surface area contributed by atoms with E-state index in [-0.39, 0.29) is 5.56 Å². The third-order valence-corrected chi connectivity index (χ3v) is 2.96. The van der Waals surface area contributed by atoms with Crippen LogP contribution in [0.25, 0.3) is 0 Å². The molecule has 0 aliphatic heterocycles. The highest BCUT2D eigenvalue weighted by atomic mass is 35.5. The molecule has 1 atom stereocenters. The summed E-state index contributed by atoms with van der Waals surface area (Å²) < 4.78 is 52.0. The lowest BCUT2D eigenvalue weighted by Gasteiger charge is -2.11. The average Bonchev–Trinajstić information content (AvgIpc) is 2.34. The van der Waals surface area contributed by atoms with Crippen LogP contribution in [0.1, 0.15) is 16.5 Å². The molecule has 0 spiro atoms. The largest absolute Gasteiger partial charge is 0.207 e. The monoisotopic (exact) mass is 274 g/mol. The van der Waals surface area contributed by atoms with Gasteiger partial charge in [0.2, 0.25) is 0 Å². The summed E-state index contributed by atoms with van der Waals surface area (Å²) in [4.78, 5) is 0. The minimum Gasteiger partial charge on any atom is -0.207 e. The molecule has 0 radical (unpaired) electrons. The van der Waals surface area contributed by atoms with Gasteiger partial charge in [0.25, 0.3) is 0 Å². The first-order valence-corrected chi connectivity index (χ1v) is 5.46. The molecule has 18 heavy (non-hydrogen) atoms. The minimum atomic E-state index is -1.28. The summed E-state index contributed by atoms with van der Waals surface area (Å²) in [6, 6.07) is 6.15. The van der Waals surface area contributed by atoms with Gasteiger partial charge in [0.15, 0.2) is 11.6 Å². The molecule has 0 aliphatic rings. The fraction of sp³-hybridized carbons (Fsp3) is 0.0769. The molecule has 2 rings (SSSR count). The van der Waals surface area contributed by atoms with Crippen LogP contribution in [0, 0.1) is 23.3 Å². The van der Waals surface area contributed by atoms with Gasteiger partial charge in [0, 0.05) is 11.6 Å². The molecule has 94 valence electrons.